The van der Waals surface area contributed by atoms with Crippen molar-refractivity contribution in [3.8, 4) is 0 Å². The maximum atomic E-state index is 6.07. The number of thiophene rings is 1. The molecule has 1 aromatic heterocycles. The Morgan fingerprint density at radius 1 is 1.32 bits per heavy atom. The van der Waals surface area contributed by atoms with Crippen LogP contribution in [0.25, 0.3) is 0 Å². The van der Waals surface area contributed by atoms with Crippen LogP contribution in [0.4, 0.5) is 0 Å². The van der Waals surface area contributed by atoms with Crippen LogP contribution < -0.4 is 5.73 Å². The SMILES string of the molecule is NCC(c1ccc(Br)s1)N1CCCN2CCCC2C1. The van der Waals surface area contributed by atoms with Crippen LogP contribution in [0, 0.1) is 0 Å². The number of halogens is 1. The maximum Gasteiger partial charge on any atom is 0.0702 e. The Kier molecular flexibility index (Phi) is 4.59. The van der Waals surface area contributed by atoms with E-state index in [1.54, 1.807) is 0 Å². The van der Waals surface area contributed by atoms with Gasteiger partial charge >= 0.3 is 0 Å². The normalized spacial score (nSPS) is 27.2. The summed E-state index contributed by atoms with van der Waals surface area (Å²) in [7, 11) is 0. The van der Waals surface area contributed by atoms with Crippen molar-refractivity contribution in [3.63, 3.8) is 0 Å². The Bertz CT molecular complexity index is 423. The second kappa shape index (κ2) is 6.22. The summed E-state index contributed by atoms with van der Waals surface area (Å²) in [5.74, 6) is 0. The fourth-order valence-corrected chi connectivity index (χ4v) is 5.04. The minimum atomic E-state index is 0.400. The molecule has 2 aliphatic heterocycles. The molecule has 2 atom stereocenters. The van der Waals surface area contributed by atoms with Gasteiger partial charge in [0.15, 0.2) is 0 Å². The second-order valence-corrected chi connectivity index (χ2v) is 8.07. The van der Waals surface area contributed by atoms with Crippen molar-refractivity contribution in [1.82, 2.24) is 9.80 Å². The standard InChI is InChI=1S/C14H22BrN3S/c15-14-5-4-13(19-14)12(9-16)18-8-2-7-17-6-1-3-11(17)10-18/h4-5,11-12H,1-3,6-10,16H2. The van der Waals surface area contributed by atoms with E-state index in [4.69, 9.17) is 5.73 Å². The Labute approximate surface area is 127 Å². The minimum Gasteiger partial charge on any atom is -0.329 e. The van der Waals surface area contributed by atoms with E-state index in [9.17, 15) is 0 Å². The number of fused-ring (bicyclic) bond motifs is 1. The molecule has 0 spiro atoms. The predicted octanol–water partition coefficient (Wildman–Crippen LogP) is 2.68. The lowest BCUT2D eigenvalue weighted by Gasteiger charge is -2.31. The first kappa shape index (κ1) is 14.0. The molecule has 106 valence electrons. The molecule has 2 saturated heterocycles. The second-order valence-electron chi connectivity index (χ2n) is 5.57. The van der Waals surface area contributed by atoms with Crippen LogP contribution in [0.15, 0.2) is 15.9 Å². The van der Waals surface area contributed by atoms with Gasteiger partial charge in [0.05, 0.1) is 9.83 Å². The van der Waals surface area contributed by atoms with Gasteiger partial charge < -0.3 is 5.73 Å². The number of hydrogen-bond donors (Lipinski definition) is 1. The highest BCUT2D eigenvalue weighted by atomic mass is 79.9. The molecule has 2 N–H and O–H groups in total. The monoisotopic (exact) mass is 343 g/mol. The first-order chi connectivity index (χ1) is 9.28. The molecule has 0 radical (unpaired) electrons. The van der Waals surface area contributed by atoms with Crippen LogP contribution in [0.1, 0.15) is 30.2 Å². The highest BCUT2D eigenvalue weighted by molar-refractivity contribution is 9.11. The van der Waals surface area contributed by atoms with E-state index in [0.717, 1.165) is 12.6 Å². The lowest BCUT2D eigenvalue weighted by Crippen LogP contribution is -2.40. The lowest BCUT2D eigenvalue weighted by molar-refractivity contribution is 0.178. The third-order valence-electron chi connectivity index (χ3n) is 4.42. The van der Waals surface area contributed by atoms with Gasteiger partial charge in [0.1, 0.15) is 0 Å². The molecule has 3 rings (SSSR count). The zero-order valence-corrected chi connectivity index (χ0v) is 13.6. The fraction of sp³-hybridized carbons (Fsp3) is 0.714. The lowest BCUT2D eigenvalue weighted by atomic mass is 10.1. The third-order valence-corrected chi connectivity index (χ3v) is 6.15. The number of hydrogen-bond acceptors (Lipinski definition) is 4. The molecule has 5 heteroatoms. The van der Waals surface area contributed by atoms with Crippen molar-refractivity contribution in [2.45, 2.75) is 31.3 Å². The molecule has 3 nitrogen and oxygen atoms in total. The molecule has 19 heavy (non-hydrogen) atoms. The molecule has 0 bridgehead atoms. The van der Waals surface area contributed by atoms with E-state index in [0.29, 0.717) is 6.04 Å². The molecule has 0 saturated carbocycles. The van der Waals surface area contributed by atoms with Gasteiger partial charge in [0, 0.05) is 30.6 Å². The highest BCUT2D eigenvalue weighted by Crippen LogP contribution is 2.32. The highest BCUT2D eigenvalue weighted by Gasteiger charge is 2.31. The first-order valence-corrected chi connectivity index (χ1v) is 8.82. The van der Waals surface area contributed by atoms with Crippen molar-refractivity contribution in [3.05, 3.63) is 20.8 Å². The first-order valence-electron chi connectivity index (χ1n) is 7.21. The van der Waals surface area contributed by atoms with Crippen molar-refractivity contribution >= 4 is 27.3 Å². The smallest absolute Gasteiger partial charge is 0.0702 e. The van der Waals surface area contributed by atoms with Crippen LogP contribution in [0.3, 0.4) is 0 Å². The van der Waals surface area contributed by atoms with E-state index >= 15 is 0 Å². The molecule has 0 aliphatic carbocycles. The van der Waals surface area contributed by atoms with Gasteiger partial charge in [0.25, 0.3) is 0 Å². The maximum absolute atomic E-state index is 6.07. The Balaban J connectivity index is 1.75. The van der Waals surface area contributed by atoms with Crippen molar-refractivity contribution in [1.29, 1.82) is 0 Å². The van der Waals surface area contributed by atoms with Gasteiger partial charge in [-0.1, -0.05) is 0 Å². The van der Waals surface area contributed by atoms with Crippen molar-refractivity contribution in [2.24, 2.45) is 5.73 Å². The van der Waals surface area contributed by atoms with E-state index in [-0.39, 0.29) is 0 Å². The molecular formula is C14H22BrN3S. The van der Waals surface area contributed by atoms with Crippen LogP contribution in [-0.2, 0) is 0 Å². The summed E-state index contributed by atoms with van der Waals surface area (Å²) in [6.45, 7) is 5.67. The van der Waals surface area contributed by atoms with E-state index in [1.807, 2.05) is 11.3 Å². The summed E-state index contributed by atoms with van der Waals surface area (Å²) in [5.41, 5.74) is 6.07. The Morgan fingerprint density at radius 3 is 2.89 bits per heavy atom. The van der Waals surface area contributed by atoms with Gasteiger partial charge in [-0.05, 0) is 60.4 Å². The summed E-state index contributed by atoms with van der Waals surface area (Å²) in [6.07, 6.45) is 4.01. The molecule has 0 aromatic carbocycles. The van der Waals surface area contributed by atoms with Crippen molar-refractivity contribution in [2.75, 3.05) is 32.7 Å². The molecule has 2 fully saturated rings. The topological polar surface area (TPSA) is 32.5 Å². The third kappa shape index (κ3) is 3.05. The summed E-state index contributed by atoms with van der Waals surface area (Å²) < 4.78 is 1.21. The van der Waals surface area contributed by atoms with Gasteiger partial charge in [-0.3, -0.25) is 9.80 Å². The van der Waals surface area contributed by atoms with Gasteiger partial charge in [-0.15, -0.1) is 11.3 Å². The Morgan fingerprint density at radius 2 is 2.16 bits per heavy atom. The minimum absolute atomic E-state index is 0.400. The number of nitrogens with two attached hydrogens (primary N) is 1. The number of rotatable bonds is 3. The number of nitrogens with zero attached hydrogens (tertiary/aromatic N) is 2. The summed E-state index contributed by atoms with van der Waals surface area (Å²) in [5, 5.41) is 0. The van der Waals surface area contributed by atoms with E-state index in [2.05, 4.69) is 37.9 Å². The Hall–Kier alpha value is 0.0600. The average molecular weight is 344 g/mol. The molecular weight excluding hydrogens is 322 g/mol. The van der Waals surface area contributed by atoms with Gasteiger partial charge in [-0.2, -0.15) is 0 Å². The largest absolute Gasteiger partial charge is 0.329 e. The van der Waals surface area contributed by atoms with E-state index < -0.39 is 0 Å². The molecule has 2 aliphatic rings. The summed E-state index contributed by atoms with van der Waals surface area (Å²) in [4.78, 5) is 6.70. The fourth-order valence-electron chi connectivity index (χ4n) is 3.47. The molecule has 1 aromatic rings. The van der Waals surface area contributed by atoms with E-state index in [1.165, 1.54) is 54.1 Å². The predicted molar refractivity (Wildman–Crippen MR) is 84.6 cm³/mol. The summed E-state index contributed by atoms with van der Waals surface area (Å²) in [6, 6.07) is 5.53. The van der Waals surface area contributed by atoms with Crippen LogP contribution in [0.2, 0.25) is 0 Å². The van der Waals surface area contributed by atoms with Crippen LogP contribution in [-0.4, -0.2) is 48.6 Å². The zero-order valence-electron chi connectivity index (χ0n) is 11.2. The molecule has 0 amide bonds. The molecule has 3 heterocycles. The van der Waals surface area contributed by atoms with Gasteiger partial charge in [-0.25, -0.2) is 0 Å². The van der Waals surface area contributed by atoms with Crippen molar-refractivity contribution < 1.29 is 0 Å². The van der Waals surface area contributed by atoms with Crippen LogP contribution in [0.5, 0.6) is 0 Å². The zero-order chi connectivity index (χ0) is 13.2. The average Bonchev–Trinajstić information content (AvgIpc) is 2.96. The quantitative estimate of drug-likeness (QED) is 0.915. The summed E-state index contributed by atoms with van der Waals surface area (Å²) >= 11 is 5.39. The van der Waals surface area contributed by atoms with Crippen LogP contribution >= 0.6 is 27.3 Å². The van der Waals surface area contributed by atoms with Gasteiger partial charge in [0.2, 0.25) is 0 Å². The molecule has 2 unspecified atom stereocenters.